The standard InChI is InChI=1S/C31H32N4O10S/c1-20-13-15-24(16-14-20)46(39,40)42-19-25-27(44-29(37)22-9-5-3-6-10-22)28(45-30(38)23-11-7-4-8-12-23)26(34-21(2)36)31(43-25)41-18-17-33-35-32/h3-16,25-28,31H,17-19H2,1-2H3,(H,34,36)/t25-,26-,27-,28-,31+/m1/s1. The molecule has 1 aliphatic rings. The van der Waals surface area contributed by atoms with Gasteiger partial charge in [-0.3, -0.25) is 8.98 Å². The molecule has 0 unspecified atom stereocenters. The number of nitrogens with zero attached hydrogens (tertiary/aromatic N) is 3. The fraction of sp³-hybridized carbons (Fsp3) is 0.323. The van der Waals surface area contributed by atoms with Gasteiger partial charge in [0.25, 0.3) is 10.1 Å². The molecule has 0 spiro atoms. The van der Waals surface area contributed by atoms with Gasteiger partial charge in [-0.2, -0.15) is 8.42 Å². The Bertz CT molecular complexity index is 1650. The molecule has 0 aliphatic carbocycles. The summed E-state index contributed by atoms with van der Waals surface area (Å²) in [5.41, 5.74) is 9.79. The fourth-order valence-corrected chi connectivity index (χ4v) is 5.48. The van der Waals surface area contributed by atoms with Crippen LogP contribution in [-0.2, 0) is 38.0 Å². The molecule has 15 heteroatoms. The van der Waals surface area contributed by atoms with Crippen molar-refractivity contribution in [2.24, 2.45) is 5.11 Å². The minimum absolute atomic E-state index is 0.118. The maximum atomic E-state index is 13.3. The monoisotopic (exact) mass is 652 g/mol. The van der Waals surface area contributed by atoms with Crippen LogP contribution in [0.4, 0.5) is 0 Å². The lowest BCUT2D eigenvalue weighted by atomic mass is 9.95. The molecule has 4 rings (SSSR count). The van der Waals surface area contributed by atoms with E-state index >= 15 is 0 Å². The average molecular weight is 653 g/mol. The van der Waals surface area contributed by atoms with Gasteiger partial charge in [0.15, 0.2) is 18.5 Å². The number of rotatable bonds is 13. The summed E-state index contributed by atoms with van der Waals surface area (Å²) in [5, 5.41) is 6.05. The highest BCUT2D eigenvalue weighted by molar-refractivity contribution is 7.86. The smallest absolute Gasteiger partial charge is 0.338 e. The predicted molar refractivity (Wildman–Crippen MR) is 162 cm³/mol. The van der Waals surface area contributed by atoms with Gasteiger partial charge < -0.3 is 24.3 Å². The van der Waals surface area contributed by atoms with E-state index in [9.17, 15) is 22.8 Å². The second-order valence-corrected chi connectivity index (χ2v) is 11.7. The lowest BCUT2D eigenvalue weighted by Gasteiger charge is -2.45. The van der Waals surface area contributed by atoms with E-state index in [1.54, 1.807) is 55.5 Å². The number of benzene rings is 3. The van der Waals surface area contributed by atoms with E-state index in [-0.39, 0.29) is 29.2 Å². The summed E-state index contributed by atoms with van der Waals surface area (Å²) in [6.07, 6.45) is -5.79. The van der Waals surface area contributed by atoms with Gasteiger partial charge in [-0.25, -0.2) is 9.59 Å². The SMILES string of the molecule is CC(=O)N[C@H]1[C@@H](OCCN=[N+]=[N-])O[C@H](COS(=O)(=O)c2ccc(C)cc2)[C@@H](OC(=O)c2ccccc2)[C@@H]1OC(=O)c1ccccc1. The number of ether oxygens (including phenoxy) is 4. The second kappa shape index (κ2) is 16.0. The Morgan fingerprint density at radius 3 is 2.00 bits per heavy atom. The molecule has 1 aliphatic heterocycles. The van der Waals surface area contributed by atoms with Crippen molar-refractivity contribution in [1.29, 1.82) is 0 Å². The zero-order valence-corrected chi connectivity index (χ0v) is 25.7. The largest absolute Gasteiger partial charge is 0.452 e. The summed E-state index contributed by atoms with van der Waals surface area (Å²) in [5.74, 6) is -2.24. The molecule has 5 atom stereocenters. The Morgan fingerprint density at radius 2 is 1.46 bits per heavy atom. The Balaban J connectivity index is 1.74. The van der Waals surface area contributed by atoms with Crippen LogP contribution in [0, 0.1) is 6.92 Å². The minimum Gasteiger partial charge on any atom is -0.452 e. The molecule has 0 radical (unpaired) electrons. The maximum Gasteiger partial charge on any atom is 0.338 e. The van der Waals surface area contributed by atoms with Gasteiger partial charge in [0, 0.05) is 18.4 Å². The first-order valence-corrected chi connectivity index (χ1v) is 15.5. The molecule has 3 aromatic carbocycles. The summed E-state index contributed by atoms with van der Waals surface area (Å²) < 4.78 is 55.1. The van der Waals surface area contributed by atoms with Gasteiger partial charge in [0.1, 0.15) is 12.1 Å². The molecule has 242 valence electrons. The molecular weight excluding hydrogens is 620 g/mol. The molecule has 1 fully saturated rings. The Labute approximate surface area is 265 Å². The molecule has 1 amide bonds. The number of aryl methyl sites for hydroxylation is 1. The van der Waals surface area contributed by atoms with Crippen LogP contribution in [-0.4, -0.2) is 76.7 Å². The number of carbonyl (C=O) groups excluding carboxylic acids is 3. The third-order valence-electron chi connectivity index (χ3n) is 6.76. The summed E-state index contributed by atoms with van der Waals surface area (Å²) in [4.78, 5) is 41.6. The molecule has 1 N–H and O–H groups in total. The number of carbonyl (C=O) groups is 3. The average Bonchev–Trinajstić information content (AvgIpc) is 3.05. The Morgan fingerprint density at radius 1 is 0.891 bits per heavy atom. The summed E-state index contributed by atoms with van der Waals surface area (Å²) in [7, 11) is -4.33. The molecule has 0 bridgehead atoms. The van der Waals surface area contributed by atoms with E-state index in [1.807, 2.05) is 0 Å². The molecule has 1 saturated heterocycles. The van der Waals surface area contributed by atoms with Crippen molar-refractivity contribution in [2.45, 2.75) is 49.4 Å². The number of nitrogens with one attached hydrogen (secondary N) is 1. The van der Waals surface area contributed by atoms with Crippen LogP contribution in [0.25, 0.3) is 10.4 Å². The minimum atomic E-state index is -4.33. The van der Waals surface area contributed by atoms with Crippen LogP contribution in [0.5, 0.6) is 0 Å². The quantitative estimate of drug-likeness (QED) is 0.0711. The third-order valence-corrected chi connectivity index (χ3v) is 8.05. The van der Waals surface area contributed by atoms with E-state index in [1.165, 1.54) is 43.3 Å². The van der Waals surface area contributed by atoms with E-state index in [4.69, 9.17) is 28.7 Å². The van der Waals surface area contributed by atoms with E-state index < -0.39 is 65.2 Å². The van der Waals surface area contributed by atoms with Gasteiger partial charge in [0.05, 0.1) is 29.2 Å². The molecule has 3 aromatic rings. The van der Waals surface area contributed by atoms with Crippen molar-refractivity contribution in [3.05, 3.63) is 112 Å². The number of azide groups is 1. The van der Waals surface area contributed by atoms with Crippen molar-refractivity contribution >= 4 is 28.0 Å². The van der Waals surface area contributed by atoms with Crippen LogP contribution in [0.3, 0.4) is 0 Å². The number of esters is 2. The highest BCUT2D eigenvalue weighted by Crippen LogP contribution is 2.30. The van der Waals surface area contributed by atoms with Gasteiger partial charge in [-0.1, -0.05) is 59.2 Å². The Kier molecular flexibility index (Phi) is 11.8. The maximum absolute atomic E-state index is 13.3. The molecule has 46 heavy (non-hydrogen) atoms. The molecule has 0 aromatic heterocycles. The summed E-state index contributed by atoms with van der Waals surface area (Å²) >= 11 is 0. The molecule has 0 saturated carbocycles. The number of hydrogen-bond donors (Lipinski definition) is 1. The van der Waals surface area contributed by atoms with Gasteiger partial charge in [0.2, 0.25) is 5.91 Å². The number of hydrogen-bond acceptors (Lipinski definition) is 11. The van der Waals surface area contributed by atoms with Crippen molar-refractivity contribution in [1.82, 2.24) is 5.32 Å². The van der Waals surface area contributed by atoms with Crippen LogP contribution >= 0.6 is 0 Å². The van der Waals surface area contributed by atoms with E-state index in [0.29, 0.717) is 0 Å². The first-order valence-electron chi connectivity index (χ1n) is 14.1. The first-order chi connectivity index (χ1) is 22.1. The first kappa shape index (κ1) is 34.1. The van der Waals surface area contributed by atoms with Gasteiger partial charge >= 0.3 is 11.9 Å². The highest BCUT2D eigenvalue weighted by Gasteiger charge is 2.52. The normalized spacial score (nSPS) is 21.0. The van der Waals surface area contributed by atoms with Gasteiger partial charge in [-0.15, -0.1) is 0 Å². The third kappa shape index (κ3) is 9.12. The van der Waals surface area contributed by atoms with Crippen LogP contribution in [0.2, 0.25) is 0 Å². The van der Waals surface area contributed by atoms with E-state index in [0.717, 1.165) is 5.56 Å². The van der Waals surface area contributed by atoms with Crippen molar-refractivity contribution in [2.75, 3.05) is 19.8 Å². The lowest BCUT2D eigenvalue weighted by molar-refractivity contribution is -0.266. The zero-order chi connectivity index (χ0) is 33.1. The fourth-order valence-electron chi connectivity index (χ4n) is 4.57. The Hall–Kier alpha value is -4.79. The zero-order valence-electron chi connectivity index (χ0n) is 24.9. The summed E-state index contributed by atoms with van der Waals surface area (Å²) in [6.45, 7) is 2.00. The van der Waals surface area contributed by atoms with Gasteiger partial charge in [-0.05, 0) is 48.9 Å². The van der Waals surface area contributed by atoms with Crippen LogP contribution in [0.15, 0.2) is 94.9 Å². The second-order valence-electron chi connectivity index (χ2n) is 10.1. The predicted octanol–water partition coefficient (Wildman–Crippen LogP) is 3.71. The molecule has 14 nitrogen and oxygen atoms in total. The van der Waals surface area contributed by atoms with Crippen LogP contribution < -0.4 is 5.32 Å². The topological polar surface area (TPSA) is 192 Å². The van der Waals surface area contributed by atoms with E-state index in [2.05, 4.69) is 15.3 Å². The highest BCUT2D eigenvalue weighted by atomic mass is 32.2. The lowest BCUT2D eigenvalue weighted by Crippen LogP contribution is -2.66. The van der Waals surface area contributed by atoms with Crippen molar-refractivity contribution < 1.29 is 45.9 Å². The molecular formula is C31H32N4O10S. The molecule has 1 heterocycles. The number of amides is 1. The summed E-state index contributed by atoms with van der Waals surface area (Å²) in [6, 6.07) is 20.5. The van der Waals surface area contributed by atoms with Crippen LogP contribution in [0.1, 0.15) is 33.2 Å². The van der Waals surface area contributed by atoms with Crippen molar-refractivity contribution in [3.8, 4) is 0 Å². The van der Waals surface area contributed by atoms with Crippen molar-refractivity contribution in [3.63, 3.8) is 0 Å².